The van der Waals surface area contributed by atoms with Gasteiger partial charge in [0.1, 0.15) is 18.2 Å². The molecule has 0 aliphatic heterocycles. The van der Waals surface area contributed by atoms with Crippen LogP contribution in [-0.2, 0) is 13.2 Å². The number of para-hydroxylation sites is 1. The molecule has 0 atom stereocenters. The van der Waals surface area contributed by atoms with E-state index < -0.39 is 5.91 Å². The highest BCUT2D eigenvalue weighted by Gasteiger charge is 2.14. The average molecular weight is 392 g/mol. The molecule has 0 radical (unpaired) electrons. The Bertz CT molecular complexity index is 1140. The molecule has 0 aliphatic carbocycles. The van der Waals surface area contributed by atoms with Crippen LogP contribution in [0.15, 0.2) is 72.8 Å². The summed E-state index contributed by atoms with van der Waals surface area (Å²) in [5.74, 6) is 0.645. The summed E-state index contributed by atoms with van der Waals surface area (Å²) in [6.07, 6.45) is 0. The highest BCUT2D eigenvalue weighted by Crippen LogP contribution is 2.24. The van der Waals surface area contributed by atoms with Gasteiger partial charge in [-0.25, -0.2) is 4.98 Å². The fourth-order valence-electron chi connectivity index (χ4n) is 3.14. The highest BCUT2D eigenvalue weighted by atomic mass is 35.5. The molecule has 4 aromatic rings. The first kappa shape index (κ1) is 18.1. The van der Waals surface area contributed by atoms with E-state index in [0.29, 0.717) is 22.9 Å². The summed E-state index contributed by atoms with van der Waals surface area (Å²) < 4.78 is 8.00. The SMILES string of the molecule is NC(=O)c1ccccc1OCc1nc2cc(Cl)ccc2n1Cc1ccccc1. The van der Waals surface area contributed by atoms with E-state index in [1.165, 1.54) is 0 Å². The van der Waals surface area contributed by atoms with Crippen molar-refractivity contribution in [3.05, 3.63) is 94.8 Å². The molecule has 0 saturated carbocycles. The van der Waals surface area contributed by atoms with Gasteiger partial charge in [-0.1, -0.05) is 54.1 Å². The second-order valence-electron chi connectivity index (χ2n) is 6.38. The van der Waals surface area contributed by atoms with Gasteiger partial charge < -0.3 is 15.0 Å². The van der Waals surface area contributed by atoms with Gasteiger partial charge in [0.2, 0.25) is 0 Å². The van der Waals surface area contributed by atoms with Crippen LogP contribution < -0.4 is 10.5 Å². The Kier molecular flexibility index (Phi) is 5.00. The predicted octanol–water partition coefficient (Wildman–Crippen LogP) is 4.42. The molecule has 0 unspecified atom stereocenters. The van der Waals surface area contributed by atoms with E-state index in [9.17, 15) is 4.79 Å². The number of amides is 1. The second-order valence-corrected chi connectivity index (χ2v) is 6.82. The number of halogens is 1. The maximum Gasteiger partial charge on any atom is 0.252 e. The van der Waals surface area contributed by atoms with Crippen LogP contribution >= 0.6 is 11.6 Å². The van der Waals surface area contributed by atoms with Gasteiger partial charge in [0.25, 0.3) is 5.91 Å². The molecular weight excluding hydrogens is 374 g/mol. The molecule has 0 spiro atoms. The van der Waals surface area contributed by atoms with Crippen LogP contribution in [0.5, 0.6) is 5.75 Å². The summed E-state index contributed by atoms with van der Waals surface area (Å²) in [4.78, 5) is 16.3. The molecule has 28 heavy (non-hydrogen) atoms. The third-order valence-corrected chi connectivity index (χ3v) is 4.72. The third kappa shape index (κ3) is 3.70. The van der Waals surface area contributed by atoms with Crippen LogP contribution in [0.2, 0.25) is 5.02 Å². The Morgan fingerprint density at radius 1 is 1.04 bits per heavy atom. The van der Waals surface area contributed by atoms with Crippen LogP contribution in [-0.4, -0.2) is 15.5 Å². The maximum absolute atomic E-state index is 11.6. The Labute approximate surface area is 167 Å². The average Bonchev–Trinajstić information content (AvgIpc) is 3.03. The molecule has 1 aromatic heterocycles. The maximum atomic E-state index is 11.6. The summed E-state index contributed by atoms with van der Waals surface area (Å²) in [6.45, 7) is 0.846. The van der Waals surface area contributed by atoms with Crippen molar-refractivity contribution >= 4 is 28.5 Å². The highest BCUT2D eigenvalue weighted by molar-refractivity contribution is 6.31. The lowest BCUT2D eigenvalue weighted by Crippen LogP contribution is -2.14. The lowest BCUT2D eigenvalue weighted by Gasteiger charge is -2.12. The van der Waals surface area contributed by atoms with Crippen molar-refractivity contribution in [2.24, 2.45) is 5.73 Å². The monoisotopic (exact) mass is 391 g/mol. The van der Waals surface area contributed by atoms with Crippen molar-refractivity contribution in [1.82, 2.24) is 9.55 Å². The molecule has 140 valence electrons. The smallest absolute Gasteiger partial charge is 0.252 e. The molecule has 0 fully saturated rings. The van der Waals surface area contributed by atoms with Crippen molar-refractivity contribution in [2.75, 3.05) is 0 Å². The summed E-state index contributed by atoms with van der Waals surface area (Å²) in [7, 11) is 0. The number of nitrogens with two attached hydrogens (primary N) is 1. The number of aromatic nitrogens is 2. The number of ether oxygens (including phenoxy) is 1. The zero-order valence-corrected chi connectivity index (χ0v) is 15.8. The number of carbonyl (C=O) groups is 1. The molecule has 0 aliphatic rings. The predicted molar refractivity (Wildman–Crippen MR) is 110 cm³/mol. The molecule has 2 N–H and O–H groups in total. The molecule has 4 rings (SSSR count). The van der Waals surface area contributed by atoms with Crippen molar-refractivity contribution in [3.8, 4) is 5.75 Å². The van der Waals surface area contributed by atoms with Gasteiger partial charge >= 0.3 is 0 Å². The van der Waals surface area contributed by atoms with Gasteiger partial charge in [-0.2, -0.15) is 0 Å². The number of benzene rings is 3. The first-order chi connectivity index (χ1) is 13.6. The van der Waals surface area contributed by atoms with Crippen molar-refractivity contribution in [3.63, 3.8) is 0 Å². The van der Waals surface area contributed by atoms with Gasteiger partial charge in [0, 0.05) is 11.6 Å². The number of carbonyl (C=O) groups excluding carboxylic acids is 1. The molecule has 1 heterocycles. The number of hydrogen-bond donors (Lipinski definition) is 1. The van der Waals surface area contributed by atoms with Gasteiger partial charge in [0.05, 0.1) is 16.6 Å². The minimum atomic E-state index is -0.528. The minimum absolute atomic E-state index is 0.198. The van der Waals surface area contributed by atoms with E-state index in [1.807, 2.05) is 36.4 Å². The molecular formula is C22H18ClN3O2. The molecule has 0 bridgehead atoms. The minimum Gasteiger partial charge on any atom is -0.485 e. The second kappa shape index (κ2) is 7.74. The van der Waals surface area contributed by atoms with Gasteiger partial charge in [-0.05, 0) is 35.9 Å². The van der Waals surface area contributed by atoms with E-state index in [0.717, 1.165) is 22.4 Å². The fraction of sp³-hybridized carbons (Fsp3) is 0.0909. The van der Waals surface area contributed by atoms with E-state index in [1.54, 1.807) is 24.3 Å². The summed E-state index contributed by atoms with van der Waals surface area (Å²) in [5.41, 5.74) is 8.70. The molecule has 1 amide bonds. The lowest BCUT2D eigenvalue weighted by atomic mass is 10.2. The standard InChI is InChI=1S/C22H18ClN3O2/c23-16-10-11-19-18(12-16)25-21(26(19)13-15-6-2-1-3-7-15)14-28-20-9-5-4-8-17(20)22(24)27/h1-12H,13-14H2,(H2,24,27). The zero-order chi connectivity index (χ0) is 19.5. The van der Waals surface area contributed by atoms with E-state index >= 15 is 0 Å². The molecule has 5 nitrogen and oxygen atoms in total. The normalized spacial score (nSPS) is 10.9. The van der Waals surface area contributed by atoms with E-state index in [2.05, 4.69) is 16.7 Å². The lowest BCUT2D eigenvalue weighted by molar-refractivity contribution is 0.0995. The van der Waals surface area contributed by atoms with Crippen molar-refractivity contribution in [1.29, 1.82) is 0 Å². The van der Waals surface area contributed by atoms with Crippen LogP contribution in [0.1, 0.15) is 21.7 Å². The van der Waals surface area contributed by atoms with Crippen LogP contribution in [0.3, 0.4) is 0 Å². The fourth-order valence-corrected chi connectivity index (χ4v) is 3.31. The Morgan fingerprint density at radius 3 is 2.57 bits per heavy atom. The molecule has 0 saturated heterocycles. The summed E-state index contributed by atoms with van der Waals surface area (Å²) >= 11 is 6.14. The van der Waals surface area contributed by atoms with Gasteiger partial charge in [-0.3, -0.25) is 4.79 Å². The number of hydrogen-bond acceptors (Lipinski definition) is 3. The van der Waals surface area contributed by atoms with Gasteiger partial charge in [-0.15, -0.1) is 0 Å². The van der Waals surface area contributed by atoms with Crippen LogP contribution in [0, 0.1) is 0 Å². The van der Waals surface area contributed by atoms with Crippen LogP contribution in [0.4, 0.5) is 0 Å². The van der Waals surface area contributed by atoms with E-state index in [-0.39, 0.29) is 6.61 Å². The first-order valence-corrected chi connectivity index (χ1v) is 9.20. The number of primary amides is 1. The quantitative estimate of drug-likeness (QED) is 0.529. The number of imidazole rings is 1. The number of fused-ring (bicyclic) bond motifs is 1. The third-order valence-electron chi connectivity index (χ3n) is 4.48. The zero-order valence-electron chi connectivity index (χ0n) is 15.0. The number of rotatable bonds is 6. The van der Waals surface area contributed by atoms with Crippen molar-refractivity contribution in [2.45, 2.75) is 13.2 Å². The topological polar surface area (TPSA) is 70.1 Å². The Morgan fingerprint density at radius 2 is 1.79 bits per heavy atom. The number of nitrogens with zero attached hydrogens (tertiary/aromatic N) is 2. The van der Waals surface area contributed by atoms with E-state index in [4.69, 9.17) is 27.1 Å². The Balaban J connectivity index is 1.70. The largest absolute Gasteiger partial charge is 0.485 e. The Hall–Kier alpha value is -3.31. The van der Waals surface area contributed by atoms with Crippen LogP contribution in [0.25, 0.3) is 11.0 Å². The first-order valence-electron chi connectivity index (χ1n) is 8.82. The molecule has 3 aromatic carbocycles. The van der Waals surface area contributed by atoms with Crippen molar-refractivity contribution < 1.29 is 9.53 Å². The van der Waals surface area contributed by atoms with Gasteiger partial charge in [0.15, 0.2) is 0 Å². The summed E-state index contributed by atoms with van der Waals surface area (Å²) in [6, 6.07) is 22.7. The summed E-state index contributed by atoms with van der Waals surface area (Å²) in [5, 5.41) is 0.628. The molecule has 6 heteroatoms.